The fraction of sp³-hybridized carbons (Fsp3) is 0.487. The van der Waals surface area contributed by atoms with Crippen LogP contribution in [-0.4, -0.2) is 82.4 Å². The highest BCUT2D eigenvalue weighted by molar-refractivity contribution is 5.69. The number of methoxy groups -OCH3 is 2. The Balaban J connectivity index is 1.30. The molecular formula is C39H51NO9. The number of carbonyl (C=O) groups is 2. The number of esters is 1. The number of rotatable bonds is 17. The molecule has 0 spiro atoms. The van der Waals surface area contributed by atoms with E-state index < -0.39 is 5.60 Å². The van der Waals surface area contributed by atoms with Crippen LogP contribution in [0.5, 0.6) is 17.2 Å². The van der Waals surface area contributed by atoms with Gasteiger partial charge in [0.15, 0.2) is 0 Å². The Kier molecular flexibility index (Phi) is 14.6. The number of benzene rings is 3. The third-order valence-corrected chi connectivity index (χ3v) is 8.14. The van der Waals surface area contributed by atoms with Crippen molar-refractivity contribution in [1.29, 1.82) is 0 Å². The second kappa shape index (κ2) is 19.0. The van der Waals surface area contributed by atoms with E-state index in [1.807, 2.05) is 81.4 Å². The van der Waals surface area contributed by atoms with Crippen molar-refractivity contribution in [3.8, 4) is 17.2 Å². The van der Waals surface area contributed by atoms with Gasteiger partial charge >= 0.3 is 12.1 Å². The van der Waals surface area contributed by atoms with Crippen LogP contribution in [0.25, 0.3) is 0 Å². The van der Waals surface area contributed by atoms with Crippen molar-refractivity contribution in [1.82, 2.24) is 4.90 Å². The zero-order valence-corrected chi connectivity index (χ0v) is 29.5. The van der Waals surface area contributed by atoms with E-state index in [1.54, 1.807) is 12.0 Å². The molecule has 2 unspecified atom stereocenters. The Morgan fingerprint density at radius 3 is 2.24 bits per heavy atom. The summed E-state index contributed by atoms with van der Waals surface area (Å²) in [6, 6.07) is 23.6. The third kappa shape index (κ3) is 12.3. The molecule has 3 aromatic carbocycles. The van der Waals surface area contributed by atoms with E-state index in [0.717, 1.165) is 41.0 Å². The molecule has 2 atom stereocenters. The molecule has 1 amide bonds. The van der Waals surface area contributed by atoms with Crippen molar-refractivity contribution < 1.29 is 42.7 Å². The van der Waals surface area contributed by atoms with Gasteiger partial charge in [-0.05, 0) is 69.0 Å². The average Bonchev–Trinajstić information content (AvgIpc) is 3.10. The molecule has 0 aliphatic carbocycles. The van der Waals surface area contributed by atoms with Crippen LogP contribution in [0, 0.1) is 0 Å². The minimum atomic E-state index is -0.587. The van der Waals surface area contributed by atoms with Crippen molar-refractivity contribution >= 4 is 12.1 Å². The van der Waals surface area contributed by atoms with Crippen molar-refractivity contribution in [3.63, 3.8) is 0 Å². The van der Waals surface area contributed by atoms with E-state index >= 15 is 0 Å². The van der Waals surface area contributed by atoms with Crippen LogP contribution >= 0.6 is 0 Å². The number of ether oxygens (including phenoxy) is 7. The molecule has 10 nitrogen and oxygen atoms in total. The number of nitrogens with zero attached hydrogens (tertiary/aromatic N) is 1. The second-order valence-corrected chi connectivity index (χ2v) is 12.9. The lowest BCUT2D eigenvalue weighted by Gasteiger charge is -2.39. The molecule has 0 N–H and O–H groups in total. The normalized spacial score (nSPS) is 16.1. The lowest BCUT2D eigenvalue weighted by Crippen LogP contribution is -2.48. The molecule has 0 saturated carbocycles. The summed E-state index contributed by atoms with van der Waals surface area (Å²) in [6.07, 6.45) is 1.69. The molecule has 0 bridgehead atoms. The highest BCUT2D eigenvalue weighted by Gasteiger charge is 2.35. The molecule has 1 fully saturated rings. The summed E-state index contributed by atoms with van der Waals surface area (Å²) in [6.45, 7) is 8.82. The largest absolute Gasteiger partial charge is 0.496 e. The van der Waals surface area contributed by atoms with E-state index in [4.69, 9.17) is 33.2 Å². The maximum Gasteiger partial charge on any atom is 0.410 e. The van der Waals surface area contributed by atoms with Crippen LogP contribution in [0.15, 0.2) is 72.8 Å². The number of para-hydroxylation sites is 2. The van der Waals surface area contributed by atoms with E-state index in [0.29, 0.717) is 58.3 Å². The first-order valence-electron chi connectivity index (χ1n) is 17.0. The number of hydrogen-bond acceptors (Lipinski definition) is 9. The van der Waals surface area contributed by atoms with Crippen molar-refractivity contribution in [2.24, 2.45) is 0 Å². The summed E-state index contributed by atoms with van der Waals surface area (Å²) in [5, 5.41) is 0. The SMILES string of the molecule is COC(=O)CCc1ccccc1OCCOC1CN(C(=O)OC(C)(C)C)CCC1c1ccc(OCCCOCc2ccccc2OC)cc1. The van der Waals surface area contributed by atoms with Gasteiger partial charge < -0.3 is 38.1 Å². The van der Waals surface area contributed by atoms with Crippen LogP contribution in [0.2, 0.25) is 0 Å². The van der Waals surface area contributed by atoms with Crippen LogP contribution in [0.3, 0.4) is 0 Å². The summed E-state index contributed by atoms with van der Waals surface area (Å²) >= 11 is 0. The van der Waals surface area contributed by atoms with Gasteiger partial charge in [-0.1, -0.05) is 48.5 Å². The molecule has 10 heteroatoms. The minimum absolute atomic E-state index is 0.0726. The summed E-state index contributed by atoms with van der Waals surface area (Å²) in [4.78, 5) is 26.3. The van der Waals surface area contributed by atoms with Gasteiger partial charge in [-0.3, -0.25) is 4.79 Å². The van der Waals surface area contributed by atoms with Gasteiger partial charge in [-0.25, -0.2) is 4.79 Å². The van der Waals surface area contributed by atoms with Gasteiger partial charge in [0.2, 0.25) is 0 Å². The van der Waals surface area contributed by atoms with Gasteiger partial charge in [0, 0.05) is 30.9 Å². The number of likely N-dealkylation sites (tertiary alicyclic amines) is 1. The first kappa shape index (κ1) is 37.5. The average molecular weight is 678 g/mol. The second-order valence-electron chi connectivity index (χ2n) is 12.9. The predicted octanol–water partition coefficient (Wildman–Crippen LogP) is 6.98. The molecule has 3 aromatic rings. The molecule has 1 aliphatic heterocycles. The molecule has 49 heavy (non-hydrogen) atoms. The van der Waals surface area contributed by atoms with Crippen molar-refractivity contribution in [2.45, 2.75) is 70.7 Å². The first-order chi connectivity index (χ1) is 23.7. The monoisotopic (exact) mass is 677 g/mol. The maximum atomic E-state index is 13.0. The van der Waals surface area contributed by atoms with E-state index in [1.165, 1.54) is 7.11 Å². The molecule has 0 radical (unpaired) electrons. The fourth-order valence-electron chi connectivity index (χ4n) is 5.67. The van der Waals surface area contributed by atoms with Gasteiger partial charge in [0.05, 0.1) is 53.3 Å². The number of carbonyl (C=O) groups excluding carboxylic acids is 2. The lowest BCUT2D eigenvalue weighted by atomic mass is 9.87. The number of aryl methyl sites for hydroxylation is 1. The molecule has 4 rings (SSSR count). The van der Waals surface area contributed by atoms with Crippen LogP contribution in [0.1, 0.15) is 62.6 Å². The van der Waals surface area contributed by atoms with Crippen LogP contribution in [0.4, 0.5) is 4.79 Å². The third-order valence-electron chi connectivity index (χ3n) is 8.14. The van der Waals surface area contributed by atoms with Crippen molar-refractivity contribution in [2.75, 3.05) is 53.7 Å². The topological polar surface area (TPSA) is 102 Å². The van der Waals surface area contributed by atoms with Gasteiger partial charge in [0.1, 0.15) is 29.5 Å². The van der Waals surface area contributed by atoms with E-state index in [2.05, 4.69) is 12.1 Å². The maximum absolute atomic E-state index is 13.0. The molecule has 0 aromatic heterocycles. The summed E-state index contributed by atoms with van der Waals surface area (Å²) in [5.41, 5.74) is 2.49. The fourth-order valence-corrected chi connectivity index (χ4v) is 5.67. The number of hydrogen-bond donors (Lipinski definition) is 0. The molecule has 1 aliphatic rings. The minimum Gasteiger partial charge on any atom is -0.496 e. The summed E-state index contributed by atoms with van der Waals surface area (Å²) in [5.74, 6) is 2.13. The zero-order chi connectivity index (χ0) is 35.1. The molecule has 266 valence electrons. The molecule has 1 saturated heterocycles. The lowest BCUT2D eigenvalue weighted by molar-refractivity contribution is -0.140. The number of amides is 1. The quantitative estimate of drug-likeness (QED) is 0.111. The van der Waals surface area contributed by atoms with Gasteiger partial charge in [-0.2, -0.15) is 0 Å². The Bertz CT molecular complexity index is 1450. The van der Waals surface area contributed by atoms with Gasteiger partial charge in [-0.15, -0.1) is 0 Å². The Morgan fingerprint density at radius 2 is 1.53 bits per heavy atom. The highest BCUT2D eigenvalue weighted by Crippen LogP contribution is 2.32. The Hall–Kier alpha value is -4.28. The Labute approximate surface area is 290 Å². The summed E-state index contributed by atoms with van der Waals surface area (Å²) < 4.78 is 40.1. The number of piperidine rings is 1. The predicted molar refractivity (Wildman–Crippen MR) is 186 cm³/mol. The van der Waals surface area contributed by atoms with Gasteiger partial charge in [0.25, 0.3) is 0 Å². The molecular weight excluding hydrogens is 626 g/mol. The standard InChI is InChI=1S/C39H51NO9/c1-39(2,3)49-38(42)40-22-21-33(36(27-40)48-26-25-47-35-14-9-6-11-30(35)17-20-37(41)44-5)29-15-18-32(19-16-29)46-24-10-23-45-28-31-12-7-8-13-34(31)43-4/h6-9,11-16,18-19,33,36H,10,17,20-28H2,1-5H3. The Morgan fingerprint density at radius 1 is 0.816 bits per heavy atom. The summed E-state index contributed by atoms with van der Waals surface area (Å²) in [7, 11) is 3.05. The van der Waals surface area contributed by atoms with E-state index in [9.17, 15) is 9.59 Å². The smallest absolute Gasteiger partial charge is 0.410 e. The van der Waals surface area contributed by atoms with Crippen LogP contribution in [-0.2, 0) is 36.8 Å². The highest BCUT2D eigenvalue weighted by atomic mass is 16.6. The van der Waals surface area contributed by atoms with E-state index in [-0.39, 0.29) is 30.5 Å². The zero-order valence-electron chi connectivity index (χ0n) is 29.5. The molecule has 1 heterocycles. The van der Waals surface area contributed by atoms with Crippen LogP contribution < -0.4 is 14.2 Å². The first-order valence-corrected chi connectivity index (χ1v) is 17.0. The van der Waals surface area contributed by atoms with Crippen molar-refractivity contribution in [3.05, 3.63) is 89.5 Å².